The monoisotopic (exact) mass is 289 g/mol. The van der Waals surface area contributed by atoms with E-state index in [0.717, 1.165) is 0 Å². The van der Waals surface area contributed by atoms with Gasteiger partial charge in [0.25, 0.3) is 0 Å². The lowest BCUT2D eigenvalue weighted by molar-refractivity contribution is -0.130. The number of amides is 2. The van der Waals surface area contributed by atoms with Crippen molar-refractivity contribution in [3.63, 3.8) is 0 Å². The molecular weight excluding hydrogens is 266 g/mol. The smallest absolute Gasteiger partial charge is 0.242 e. The largest absolute Gasteiger partial charge is 0.352 e. The van der Waals surface area contributed by atoms with Gasteiger partial charge in [-0.15, -0.1) is 0 Å². The van der Waals surface area contributed by atoms with Gasteiger partial charge in [-0.1, -0.05) is 24.3 Å². The first-order chi connectivity index (χ1) is 9.97. The van der Waals surface area contributed by atoms with E-state index in [1.807, 2.05) is 32.0 Å². The van der Waals surface area contributed by atoms with E-state index in [1.54, 1.807) is 6.92 Å². The van der Waals surface area contributed by atoms with Gasteiger partial charge in [-0.2, -0.15) is 0 Å². The lowest BCUT2D eigenvalue weighted by Gasteiger charge is -2.26. The molecule has 5 nitrogen and oxygen atoms in total. The molecule has 2 rings (SSSR count). The Labute approximate surface area is 125 Å². The minimum atomic E-state index is -0.529. The number of fused-ring (bicyclic) bond motifs is 1. The van der Waals surface area contributed by atoms with Gasteiger partial charge in [0.05, 0.1) is 6.04 Å². The maximum absolute atomic E-state index is 12.3. The highest BCUT2D eigenvalue weighted by atomic mass is 16.2. The summed E-state index contributed by atoms with van der Waals surface area (Å²) < 4.78 is 0. The highest BCUT2D eigenvalue weighted by molar-refractivity contribution is 5.89. The molecule has 1 heterocycles. The van der Waals surface area contributed by atoms with Crippen LogP contribution in [-0.2, 0) is 22.6 Å². The molecule has 0 saturated carbocycles. The SMILES string of the molecule is CC(C)NC(=O)C(C)NC(=O)C1Cc2ccccc2CN1. The van der Waals surface area contributed by atoms with Gasteiger partial charge < -0.3 is 16.0 Å². The zero-order valence-corrected chi connectivity index (χ0v) is 12.8. The minimum absolute atomic E-state index is 0.0662. The minimum Gasteiger partial charge on any atom is -0.352 e. The Morgan fingerprint density at radius 3 is 2.48 bits per heavy atom. The average molecular weight is 289 g/mol. The summed E-state index contributed by atoms with van der Waals surface area (Å²) in [6, 6.07) is 7.35. The standard InChI is InChI=1S/C16H23N3O2/c1-10(2)18-15(20)11(3)19-16(21)14-8-12-6-4-5-7-13(12)9-17-14/h4-7,10-11,14,17H,8-9H2,1-3H3,(H,18,20)(H,19,21). The fourth-order valence-electron chi connectivity index (χ4n) is 2.43. The van der Waals surface area contributed by atoms with Crippen LogP contribution < -0.4 is 16.0 Å². The third-order valence-electron chi connectivity index (χ3n) is 3.58. The molecule has 0 aromatic heterocycles. The molecular formula is C16H23N3O2. The Bertz CT molecular complexity index is 528. The van der Waals surface area contributed by atoms with E-state index < -0.39 is 6.04 Å². The van der Waals surface area contributed by atoms with E-state index in [4.69, 9.17) is 0 Å². The van der Waals surface area contributed by atoms with Crippen LogP contribution in [0.25, 0.3) is 0 Å². The molecule has 0 spiro atoms. The second-order valence-corrected chi connectivity index (χ2v) is 5.80. The third kappa shape index (κ3) is 4.04. The van der Waals surface area contributed by atoms with E-state index in [-0.39, 0.29) is 23.9 Å². The fourth-order valence-corrected chi connectivity index (χ4v) is 2.43. The maximum Gasteiger partial charge on any atom is 0.242 e. The predicted molar refractivity (Wildman–Crippen MR) is 81.7 cm³/mol. The van der Waals surface area contributed by atoms with E-state index in [9.17, 15) is 9.59 Å². The predicted octanol–water partition coefficient (Wildman–Crippen LogP) is 0.730. The molecule has 2 unspecified atom stereocenters. The molecule has 1 aromatic carbocycles. The Balaban J connectivity index is 1.91. The van der Waals surface area contributed by atoms with Gasteiger partial charge in [0.2, 0.25) is 11.8 Å². The van der Waals surface area contributed by atoms with E-state index in [1.165, 1.54) is 11.1 Å². The molecule has 0 fully saturated rings. The molecule has 3 N–H and O–H groups in total. The first-order valence-corrected chi connectivity index (χ1v) is 7.38. The second kappa shape index (κ2) is 6.72. The summed E-state index contributed by atoms with van der Waals surface area (Å²) in [5, 5.41) is 8.78. The van der Waals surface area contributed by atoms with Gasteiger partial charge in [0, 0.05) is 12.6 Å². The topological polar surface area (TPSA) is 70.2 Å². The zero-order valence-electron chi connectivity index (χ0n) is 12.8. The van der Waals surface area contributed by atoms with Gasteiger partial charge in [0.1, 0.15) is 6.04 Å². The van der Waals surface area contributed by atoms with Crippen LogP contribution in [0.4, 0.5) is 0 Å². The van der Waals surface area contributed by atoms with Crippen molar-refractivity contribution in [2.45, 2.75) is 51.9 Å². The fraction of sp³-hybridized carbons (Fsp3) is 0.500. The van der Waals surface area contributed by atoms with Crippen molar-refractivity contribution in [2.75, 3.05) is 0 Å². The second-order valence-electron chi connectivity index (χ2n) is 5.80. The molecule has 0 saturated heterocycles. The number of benzene rings is 1. The first-order valence-electron chi connectivity index (χ1n) is 7.38. The molecule has 2 amide bonds. The van der Waals surface area contributed by atoms with Crippen molar-refractivity contribution in [1.29, 1.82) is 0 Å². The third-order valence-corrected chi connectivity index (χ3v) is 3.58. The molecule has 0 bridgehead atoms. The van der Waals surface area contributed by atoms with E-state index in [0.29, 0.717) is 13.0 Å². The Morgan fingerprint density at radius 2 is 1.81 bits per heavy atom. The Kier molecular flexibility index (Phi) is 4.96. The van der Waals surface area contributed by atoms with Gasteiger partial charge in [-0.05, 0) is 38.3 Å². The van der Waals surface area contributed by atoms with Crippen LogP contribution in [0.1, 0.15) is 31.9 Å². The lowest BCUT2D eigenvalue weighted by Crippen LogP contribution is -2.53. The number of hydrogen-bond donors (Lipinski definition) is 3. The summed E-state index contributed by atoms with van der Waals surface area (Å²) >= 11 is 0. The van der Waals surface area contributed by atoms with Crippen LogP contribution in [0, 0.1) is 0 Å². The van der Waals surface area contributed by atoms with Crippen LogP contribution in [0.2, 0.25) is 0 Å². The molecule has 2 atom stereocenters. The molecule has 0 radical (unpaired) electrons. The molecule has 1 aromatic rings. The number of carbonyl (C=O) groups excluding carboxylic acids is 2. The van der Waals surface area contributed by atoms with Crippen molar-refractivity contribution in [2.24, 2.45) is 0 Å². The summed E-state index contributed by atoms with van der Waals surface area (Å²) in [4.78, 5) is 24.1. The normalized spacial score (nSPS) is 18.8. The summed E-state index contributed by atoms with van der Waals surface area (Å²) in [6.45, 7) is 6.17. The number of nitrogens with one attached hydrogen (secondary N) is 3. The highest BCUT2D eigenvalue weighted by Crippen LogP contribution is 2.16. The van der Waals surface area contributed by atoms with Gasteiger partial charge in [-0.25, -0.2) is 0 Å². The summed E-state index contributed by atoms with van der Waals surface area (Å²) in [7, 11) is 0. The summed E-state index contributed by atoms with van der Waals surface area (Å²) in [6.07, 6.45) is 0.653. The average Bonchev–Trinajstić information content (AvgIpc) is 2.45. The molecule has 5 heteroatoms. The van der Waals surface area contributed by atoms with Crippen molar-refractivity contribution >= 4 is 11.8 Å². The zero-order chi connectivity index (χ0) is 15.4. The van der Waals surface area contributed by atoms with Crippen LogP contribution in [0.15, 0.2) is 24.3 Å². The van der Waals surface area contributed by atoms with Crippen molar-refractivity contribution in [3.8, 4) is 0 Å². The first kappa shape index (κ1) is 15.5. The molecule has 1 aliphatic heterocycles. The van der Waals surface area contributed by atoms with Crippen LogP contribution in [0.3, 0.4) is 0 Å². The Hall–Kier alpha value is -1.88. The number of hydrogen-bond acceptors (Lipinski definition) is 3. The summed E-state index contributed by atoms with van der Waals surface area (Å²) in [5.41, 5.74) is 2.42. The van der Waals surface area contributed by atoms with Crippen molar-refractivity contribution in [1.82, 2.24) is 16.0 Å². The van der Waals surface area contributed by atoms with Gasteiger partial charge in [0.15, 0.2) is 0 Å². The Morgan fingerprint density at radius 1 is 1.14 bits per heavy atom. The van der Waals surface area contributed by atoms with Crippen molar-refractivity contribution in [3.05, 3.63) is 35.4 Å². The van der Waals surface area contributed by atoms with Gasteiger partial charge in [-0.3, -0.25) is 9.59 Å². The van der Waals surface area contributed by atoms with Crippen molar-refractivity contribution < 1.29 is 9.59 Å². The molecule has 114 valence electrons. The lowest BCUT2D eigenvalue weighted by atomic mass is 9.95. The van der Waals surface area contributed by atoms with Crippen LogP contribution in [0.5, 0.6) is 0 Å². The van der Waals surface area contributed by atoms with Crippen LogP contribution >= 0.6 is 0 Å². The quantitative estimate of drug-likeness (QED) is 0.765. The van der Waals surface area contributed by atoms with E-state index >= 15 is 0 Å². The summed E-state index contributed by atoms with van der Waals surface area (Å²) in [5.74, 6) is -0.287. The van der Waals surface area contributed by atoms with Crippen LogP contribution in [-0.4, -0.2) is 29.9 Å². The molecule has 1 aliphatic rings. The highest BCUT2D eigenvalue weighted by Gasteiger charge is 2.26. The molecule has 0 aliphatic carbocycles. The maximum atomic E-state index is 12.3. The number of carbonyl (C=O) groups is 2. The van der Waals surface area contributed by atoms with E-state index in [2.05, 4.69) is 22.0 Å². The number of rotatable bonds is 4. The molecule has 21 heavy (non-hydrogen) atoms. The van der Waals surface area contributed by atoms with Gasteiger partial charge >= 0.3 is 0 Å².